The van der Waals surface area contributed by atoms with Crippen molar-refractivity contribution in [3.05, 3.63) is 83.5 Å². The summed E-state index contributed by atoms with van der Waals surface area (Å²) in [6.07, 6.45) is 1.48. The monoisotopic (exact) mass is 361 g/mol. The van der Waals surface area contributed by atoms with Gasteiger partial charge in [0.25, 0.3) is 5.91 Å². The number of hydrogen-bond acceptors (Lipinski definition) is 5. The summed E-state index contributed by atoms with van der Waals surface area (Å²) in [5.41, 5.74) is 1.59. The molecule has 0 spiro atoms. The SMILES string of the molecule is O=C(NCc1ccccc1)c1cccc(Oc2ncnc3sccc23)c1. The average molecular weight is 361 g/mol. The minimum absolute atomic E-state index is 0.150. The van der Waals surface area contributed by atoms with Gasteiger partial charge in [-0.1, -0.05) is 36.4 Å². The number of thiophene rings is 1. The fourth-order valence-corrected chi connectivity index (χ4v) is 3.26. The summed E-state index contributed by atoms with van der Waals surface area (Å²) in [4.78, 5) is 21.7. The molecular formula is C20H15N3O2S. The van der Waals surface area contributed by atoms with Crippen molar-refractivity contribution in [3.63, 3.8) is 0 Å². The molecule has 0 aliphatic rings. The summed E-state index contributed by atoms with van der Waals surface area (Å²) in [6.45, 7) is 0.478. The van der Waals surface area contributed by atoms with Crippen molar-refractivity contribution < 1.29 is 9.53 Å². The quantitative estimate of drug-likeness (QED) is 0.572. The summed E-state index contributed by atoms with van der Waals surface area (Å²) >= 11 is 1.53. The molecule has 128 valence electrons. The molecule has 1 N–H and O–H groups in total. The Kier molecular flexibility index (Phi) is 4.57. The molecule has 0 radical (unpaired) electrons. The number of hydrogen-bond donors (Lipinski definition) is 1. The lowest BCUT2D eigenvalue weighted by Gasteiger charge is -2.08. The molecule has 0 atom stereocenters. The van der Waals surface area contributed by atoms with Crippen LogP contribution in [0.3, 0.4) is 0 Å². The van der Waals surface area contributed by atoms with E-state index in [0.29, 0.717) is 23.7 Å². The summed E-state index contributed by atoms with van der Waals surface area (Å²) in [5, 5.41) is 5.72. The van der Waals surface area contributed by atoms with E-state index in [1.165, 1.54) is 17.7 Å². The topological polar surface area (TPSA) is 64.1 Å². The number of carbonyl (C=O) groups excluding carboxylic acids is 1. The minimum Gasteiger partial charge on any atom is -0.438 e. The van der Waals surface area contributed by atoms with Crippen molar-refractivity contribution in [2.45, 2.75) is 6.54 Å². The first kappa shape index (κ1) is 16.2. The molecule has 5 nitrogen and oxygen atoms in total. The third kappa shape index (κ3) is 3.55. The number of nitrogens with zero attached hydrogens (tertiary/aromatic N) is 2. The fraction of sp³-hybridized carbons (Fsp3) is 0.0500. The van der Waals surface area contributed by atoms with Crippen LogP contribution in [0.4, 0.5) is 0 Å². The Morgan fingerprint density at radius 2 is 1.92 bits per heavy atom. The lowest BCUT2D eigenvalue weighted by Crippen LogP contribution is -2.22. The van der Waals surface area contributed by atoms with Crippen LogP contribution in [0, 0.1) is 0 Å². The average Bonchev–Trinajstić information content (AvgIpc) is 3.17. The van der Waals surface area contributed by atoms with E-state index in [2.05, 4.69) is 15.3 Å². The maximum Gasteiger partial charge on any atom is 0.251 e. The molecule has 2 heterocycles. The summed E-state index contributed by atoms with van der Waals surface area (Å²) in [6, 6.07) is 18.8. The second kappa shape index (κ2) is 7.33. The van der Waals surface area contributed by atoms with Gasteiger partial charge in [0.2, 0.25) is 5.88 Å². The molecule has 2 aromatic heterocycles. The van der Waals surface area contributed by atoms with E-state index in [1.54, 1.807) is 24.3 Å². The van der Waals surface area contributed by atoms with Gasteiger partial charge in [0.15, 0.2) is 0 Å². The number of rotatable bonds is 5. The Labute approximate surface area is 154 Å². The molecule has 2 aromatic carbocycles. The number of benzene rings is 2. The van der Waals surface area contributed by atoms with Crippen LogP contribution in [0.1, 0.15) is 15.9 Å². The fourth-order valence-electron chi connectivity index (χ4n) is 2.54. The van der Waals surface area contributed by atoms with Gasteiger partial charge in [0, 0.05) is 12.1 Å². The van der Waals surface area contributed by atoms with E-state index >= 15 is 0 Å². The van der Waals surface area contributed by atoms with Crippen molar-refractivity contribution in [1.82, 2.24) is 15.3 Å². The highest BCUT2D eigenvalue weighted by atomic mass is 32.1. The maximum absolute atomic E-state index is 12.4. The van der Waals surface area contributed by atoms with Crippen molar-refractivity contribution in [1.29, 1.82) is 0 Å². The molecule has 4 aromatic rings. The van der Waals surface area contributed by atoms with E-state index in [9.17, 15) is 4.79 Å². The van der Waals surface area contributed by atoms with Gasteiger partial charge in [0.1, 0.15) is 16.9 Å². The Morgan fingerprint density at radius 1 is 1.04 bits per heavy atom. The zero-order valence-corrected chi connectivity index (χ0v) is 14.6. The molecule has 0 unspecified atom stereocenters. The van der Waals surface area contributed by atoms with Crippen LogP contribution in [0.25, 0.3) is 10.2 Å². The molecule has 0 saturated carbocycles. The van der Waals surface area contributed by atoms with Crippen LogP contribution < -0.4 is 10.1 Å². The first-order valence-corrected chi connectivity index (χ1v) is 8.96. The molecule has 0 saturated heterocycles. The van der Waals surface area contributed by atoms with Crippen LogP contribution in [0.2, 0.25) is 0 Å². The third-order valence-corrected chi connectivity index (χ3v) is 4.65. The number of ether oxygens (including phenoxy) is 1. The number of fused-ring (bicyclic) bond motifs is 1. The number of aromatic nitrogens is 2. The second-order valence-electron chi connectivity index (χ2n) is 5.62. The van der Waals surface area contributed by atoms with E-state index in [0.717, 1.165) is 15.8 Å². The van der Waals surface area contributed by atoms with Crippen molar-refractivity contribution in [3.8, 4) is 11.6 Å². The standard InChI is InChI=1S/C20H15N3O2S/c24-18(21-12-14-5-2-1-3-6-14)15-7-4-8-16(11-15)25-19-17-9-10-26-20(17)23-13-22-19/h1-11,13H,12H2,(H,21,24). The molecule has 6 heteroatoms. The van der Waals surface area contributed by atoms with Crippen LogP contribution in [-0.4, -0.2) is 15.9 Å². The molecular weight excluding hydrogens is 346 g/mol. The number of nitrogens with one attached hydrogen (secondary N) is 1. The number of carbonyl (C=O) groups is 1. The molecule has 0 aliphatic carbocycles. The van der Waals surface area contributed by atoms with Crippen LogP contribution in [-0.2, 0) is 6.54 Å². The van der Waals surface area contributed by atoms with Gasteiger partial charge in [-0.25, -0.2) is 9.97 Å². The predicted molar refractivity (Wildman–Crippen MR) is 102 cm³/mol. The zero-order valence-electron chi connectivity index (χ0n) is 13.8. The molecule has 26 heavy (non-hydrogen) atoms. The molecule has 0 aliphatic heterocycles. The lowest BCUT2D eigenvalue weighted by atomic mass is 10.2. The predicted octanol–water partition coefficient (Wildman–Crippen LogP) is 4.41. The van der Waals surface area contributed by atoms with Crippen molar-refractivity contribution in [2.24, 2.45) is 0 Å². The maximum atomic E-state index is 12.4. The molecule has 0 bridgehead atoms. The van der Waals surface area contributed by atoms with E-state index in [1.807, 2.05) is 41.8 Å². The van der Waals surface area contributed by atoms with Crippen molar-refractivity contribution >= 4 is 27.5 Å². The van der Waals surface area contributed by atoms with Crippen LogP contribution in [0.15, 0.2) is 72.4 Å². The second-order valence-corrected chi connectivity index (χ2v) is 6.51. The third-order valence-electron chi connectivity index (χ3n) is 3.83. The Balaban J connectivity index is 1.49. The Hall–Kier alpha value is -3.25. The first-order valence-electron chi connectivity index (χ1n) is 8.08. The van der Waals surface area contributed by atoms with E-state index < -0.39 is 0 Å². The summed E-state index contributed by atoms with van der Waals surface area (Å²) in [5.74, 6) is 0.893. The van der Waals surface area contributed by atoms with Crippen LogP contribution in [0.5, 0.6) is 11.6 Å². The summed E-state index contributed by atoms with van der Waals surface area (Å²) < 4.78 is 5.88. The van der Waals surface area contributed by atoms with Gasteiger partial charge in [-0.3, -0.25) is 4.79 Å². The highest BCUT2D eigenvalue weighted by Crippen LogP contribution is 2.29. The lowest BCUT2D eigenvalue weighted by molar-refractivity contribution is 0.0950. The number of amides is 1. The van der Waals surface area contributed by atoms with Gasteiger partial charge in [0.05, 0.1) is 5.39 Å². The van der Waals surface area contributed by atoms with Gasteiger partial charge in [-0.2, -0.15) is 0 Å². The smallest absolute Gasteiger partial charge is 0.251 e. The normalized spacial score (nSPS) is 10.6. The zero-order chi connectivity index (χ0) is 17.8. The Morgan fingerprint density at radius 3 is 2.81 bits per heavy atom. The van der Waals surface area contributed by atoms with Crippen molar-refractivity contribution in [2.75, 3.05) is 0 Å². The largest absolute Gasteiger partial charge is 0.438 e. The molecule has 4 rings (SSSR count). The highest BCUT2D eigenvalue weighted by Gasteiger charge is 2.10. The van der Waals surface area contributed by atoms with E-state index in [-0.39, 0.29) is 5.91 Å². The highest BCUT2D eigenvalue weighted by molar-refractivity contribution is 7.16. The minimum atomic E-state index is -0.150. The van der Waals surface area contributed by atoms with E-state index in [4.69, 9.17) is 4.74 Å². The van der Waals surface area contributed by atoms with Gasteiger partial charge < -0.3 is 10.1 Å². The molecule has 1 amide bonds. The Bertz CT molecular complexity index is 1050. The van der Waals surface area contributed by atoms with Crippen LogP contribution >= 0.6 is 11.3 Å². The van der Waals surface area contributed by atoms with Gasteiger partial charge in [-0.15, -0.1) is 11.3 Å². The van der Waals surface area contributed by atoms with Gasteiger partial charge >= 0.3 is 0 Å². The van der Waals surface area contributed by atoms with Gasteiger partial charge in [-0.05, 0) is 35.2 Å². The molecule has 0 fully saturated rings. The first-order chi connectivity index (χ1) is 12.8. The summed E-state index contributed by atoms with van der Waals surface area (Å²) in [7, 11) is 0.